The van der Waals surface area contributed by atoms with Gasteiger partial charge in [0, 0.05) is 0 Å². The Morgan fingerprint density at radius 1 is 1.25 bits per heavy atom. The molecular formula is C17H14N2O4S. The third kappa shape index (κ3) is 2.83. The Morgan fingerprint density at radius 3 is 2.96 bits per heavy atom. The summed E-state index contributed by atoms with van der Waals surface area (Å²) >= 11 is 1.51. The lowest BCUT2D eigenvalue weighted by Crippen LogP contribution is -2.10. The first-order chi connectivity index (χ1) is 11.7. The SMILES string of the molecule is CC(OC(=O)c1ccc2c(c1)COC2)c1nnc(-c2cccs2)o1. The van der Waals surface area contributed by atoms with Crippen LogP contribution in [0.5, 0.6) is 0 Å². The minimum Gasteiger partial charge on any atom is -0.449 e. The van der Waals surface area contributed by atoms with Crippen LogP contribution in [0.25, 0.3) is 10.8 Å². The monoisotopic (exact) mass is 342 g/mol. The predicted octanol–water partition coefficient (Wildman–Crippen LogP) is 3.75. The molecular weight excluding hydrogens is 328 g/mol. The molecule has 1 atom stereocenters. The number of hydrogen-bond donors (Lipinski definition) is 0. The van der Waals surface area contributed by atoms with Gasteiger partial charge < -0.3 is 13.9 Å². The molecule has 0 fully saturated rings. The minimum atomic E-state index is -0.622. The van der Waals surface area contributed by atoms with Crippen molar-refractivity contribution in [2.45, 2.75) is 26.2 Å². The average Bonchev–Trinajstić information content (AvgIpc) is 3.32. The number of nitrogens with zero attached hydrogens (tertiary/aromatic N) is 2. The van der Waals surface area contributed by atoms with Gasteiger partial charge in [-0.25, -0.2) is 4.79 Å². The van der Waals surface area contributed by atoms with E-state index in [2.05, 4.69) is 10.2 Å². The fourth-order valence-corrected chi connectivity index (χ4v) is 3.12. The third-order valence-electron chi connectivity index (χ3n) is 3.76. The first kappa shape index (κ1) is 15.0. The van der Waals surface area contributed by atoms with E-state index in [-0.39, 0.29) is 5.89 Å². The van der Waals surface area contributed by atoms with Gasteiger partial charge in [0.25, 0.3) is 11.8 Å². The molecule has 0 amide bonds. The smallest absolute Gasteiger partial charge is 0.338 e. The highest BCUT2D eigenvalue weighted by atomic mass is 32.1. The lowest BCUT2D eigenvalue weighted by atomic mass is 10.1. The Balaban J connectivity index is 1.47. The normalized spacial score (nSPS) is 14.4. The van der Waals surface area contributed by atoms with Crippen LogP contribution in [0.1, 0.15) is 40.4 Å². The zero-order chi connectivity index (χ0) is 16.5. The van der Waals surface area contributed by atoms with Gasteiger partial charge in [-0.3, -0.25) is 0 Å². The van der Waals surface area contributed by atoms with Crippen LogP contribution in [0, 0.1) is 0 Å². The molecule has 4 rings (SSSR count). The molecule has 0 N–H and O–H groups in total. The molecule has 7 heteroatoms. The molecule has 1 aromatic carbocycles. The zero-order valence-corrected chi connectivity index (χ0v) is 13.7. The van der Waals surface area contributed by atoms with Gasteiger partial charge in [0.2, 0.25) is 0 Å². The Kier molecular flexibility index (Phi) is 3.87. The Labute approximate surface area is 142 Å². The number of ether oxygens (including phenoxy) is 2. The number of carbonyl (C=O) groups excluding carboxylic acids is 1. The van der Waals surface area contributed by atoms with Crippen molar-refractivity contribution in [1.82, 2.24) is 10.2 Å². The molecule has 24 heavy (non-hydrogen) atoms. The number of aromatic nitrogens is 2. The molecule has 0 saturated carbocycles. The van der Waals surface area contributed by atoms with Crippen molar-refractivity contribution < 1.29 is 18.7 Å². The number of esters is 1. The number of rotatable bonds is 4. The van der Waals surface area contributed by atoms with Crippen LogP contribution in [0.2, 0.25) is 0 Å². The molecule has 0 spiro atoms. The largest absolute Gasteiger partial charge is 0.449 e. The van der Waals surface area contributed by atoms with Gasteiger partial charge in [0.1, 0.15) is 0 Å². The fourth-order valence-electron chi connectivity index (χ4n) is 2.48. The summed E-state index contributed by atoms with van der Waals surface area (Å²) in [6, 6.07) is 9.25. The summed E-state index contributed by atoms with van der Waals surface area (Å²) < 4.78 is 16.4. The molecule has 122 valence electrons. The van der Waals surface area contributed by atoms with Crippen molar-refractivity contribution in [3.05, 3.63) is 58.3 Å². The van der Waals surface area contributed by atoms with Crippen LogP contribution < -0.4 is 0 Å². The van der Waals surface area contributed by atoms with Crippen LogP contribution in [0.3, 0.4) is 0 Å². The first-order valence-corrected chi connectivity index (χ1v) is 8.36. The van der Waals surface area contributed by atoms with Crippen LogP contribution in [0.4, 0.5) is 0 Å². The zero-order valence-electron chi connectivity index (χ0n) is 12.9. The highest BCUT2D eigenvalue weighted by Gasteiger charge is 2.21. The summed E-state index contributed by atoms with van der Waals surface area (Å²) in [6.07, 6.45) is -0.622. The number of benzene rings is 1. The number of fused-ring (bicyclic) bond motifs is 1. The summed E-state index contributed by atoms with van der Waals surface area (Å²) in [5.74, 6) is 0.280. The van der Waals surface area contributed by atoms with E-state index in [4.69, 9.17) is 13.9 Å². The molecule has 1 unspecified atom stereocenters. The lowest BCUT2D eigenvalue weighted by molar-refractivity contribution is 0.0279. The number of thiophene rings is 1. The second-order valence-electron chi connectivity index (χ2n) is 5.45. The van der Waals surface area contributed by atoms with Gasteiger partial charge in [-0.1, -0.05) is 12.1 Å². The van der Waals surface area contributed by atoms with Gasteiger partial charge in [-0.05, 0) is 41.6 Å². The number of carbonyl (C=O) groups is 1. The Morgan fingerprint density at radius 2 is 2.12 bits per heavy atom. The quantitative estimate of drug-likeness (QED) is 0.672. The van der Waals surface area contributed by atoms with Gasteiger partial charge in [-0.2, -0.15) is 0 Å². The van der Waals surface area contributed by atoms with E-state index in [1.165, 1.54) is 11.3 Å². The van der Waals surface area contributed by atoms with E-state index in [1.807, 2.05) is 29.6 Å². The van der Waals surface area contributed by atoms with Crippen molar-refractivity contribution in [2.24, 2.45) is 0 Å². The van der Waals surface area contributed by atoms with Crippen molar-refractivity contribution >= 4 is 17.3 Å². The fraction of sp³-hybridized carbons (Fsp3) is 0.235. The van der Waals surface area contributed by atoms with E-state index >= 15 is 0 Å². The average molecular weight is 342 g/mol. The molecule has 3 heterocycles. The summed E-state index contributed by atoms with van der Waals surface area (Å²) in [5, 5.41) is 9.89. The van der Waals surface area contributed by atoms with Crippen molar-refractivity contribution in [1.29, 1.82) is 0 Å². The summed E-state index contributed by atoms with van der Waals surface area (Å²) in [5.41, 5.74) is 2.62. The molecule has 0 saturated heterocycles. The second kappa shape index (κ2) is 6.18. The molecule has 0 bridgehead atoms. The molecule has 3 aromatic rings. The standard InChI is InChI=1S/C17H14N2O4S/c1-10(15-18-19-16(23-15)14-3-2-6-24-14)22-17(20)11-4-5-12-8-21-9-13(12)7-11/h2-7,10H,8-9H2,1H3. The van der Waals surface area contributed by atoms with E-state index in [0.29, 0.717) is 24.7 Å². The number of hydrogen-bond acceptors (Lipinski definition) is 7. The van der Waals surface area contributed by atoms with E-state index in [1.54, 1.807) is 13.0 Å². The highest BCUT2D eigenvalue weighted by molar-refractivity contribution is 7.13. The van der Waals surface area contributed by atoms with Crippen LogP contribution in [0.15, 0.2) is 40.1 Å². The van der Waals surface area contributed by atoms with Gasteiger partial charge in [0.15, 0.2) is 6.10 Å². The highest BCUT2D eigenvalue weighted by Crippen LogP contribution is 2.27. The lowest BCUT2D eigenvalue weighted by Gasteiger charge is -2.10. The molecule has 0 radical (unpaired) electrons. The van der Waals surface area contributed by atoms with Crippen LogP contribution in [-0.4, -0.2) is 16.2 Å². The van der Waals surface area contributed by atoms with Crippen molar-refractivity contribution in [3.63, 3.8) is 0 Å². The third-order valence-corrected chi connectivity index (χ3v) is 4.62. The van der Waals surface area contributed by atoms with E-state index < -0.39 is 12.1 Å². The van der Waals surface area contributed by atoms with E-state index in [0.717, 1.165) is 16.0 Å². The molecule has 0 aliphatic carbocycles. The second-order valence-corrected chi connectivity index (χ2v) is 6.39. The molecule has 1 aliphatic rings. The Bertz CT molecular complexity index is 873. The summed E-state index contributed by atoms with van der Waals surface area (Å²) in [4.78, 5) is 13.2. The van der Waals surface area contributed by atoms with Gasteiger partial charge in [-0.15, -0.1) is 21.5 Å². The Hall–Kier alpha value is -2.51. The topological polar surface area (TPSA) is 74.5 Å². The molecule has 6 nitrogen and oxygen atoms in total. The summed E-state index contributed by atoms with van der Waals surface area (Å²) in [7, 11) is 0. The van der Waals surface area contributed by atoms with Crippen molar-refractivity contribution in [2.75, 3.05) is 0 Å². The van der Waals surface area contributed by atoms with Crippen molar-refractivity contribution in [3.8, 4) is 10.8 Å². The maximum absolute atomic E-state index is 12.3. The van der Waals surface area contributed by atoms with E-state index in [9.17, 15) is 4.79 Å². The summed E-state index contributed by atoms with van der Waals surface area (Å²) in [6.45, 7) is 2.83. The minimum absolute atomic E-state index is 0.274. The van der Waals surface area contributed by atoms with Gasteiger partial charge >= 0.3 is 5.97 Å². The first-order valence-electron chi connectivity index (χ1n) is 7.48. The van der Waals surface area contributed by atoms with Gasteiger partial charge in [0.05, 0.1) is 23.7 Å². The maximum atomic E-state index is 12.3. The molecule has 1 aliphatic heterocycles. The molecule has 2 aromatic heterocycles. The van der Waals surface area contributed by atoms with Crippen LogP contribution in [-0.2, 0) is 22.7 Å². The van der Waals surface area contributed by atoms with Crippen LogP contribution >= 0.6 is 11.3 Å². The predicted molar refractivity (Wildman–Crippen MR) is 86.4 cm³/mol. The maximum Gasteiger partial charge on any atom is 0.338 e.